The minimum absolute atomic E-state index is 0.0110. The zero-order chi connectivity index (χ0) is 17.2. The Hall–Kier alpha value is -1.93. The van der Waals surface area contributed by atoms with Gasteiger partial charge in [0.2, 0.25) is 15.9 Å². The Morgan fingerprint density at radius 1 is 1.35 bits per heavy atom. The summed E-state index contributed by atoms with van der Waals surface area (Å²) >= 11 is 0. The molecule has 0 saturated heterocycles. The predicted octanol–water partition coefficient (Wildman–Crippen LogP) is 0.466. The summed E-state index contributed by atoms with van der Waals surface area (Å²) in [5.41, 5.74) is 0.829. The maximum absolute atomic E-state index is 12.3. The Morgan fingerprint density at radius 2 is 1.96 bits per heavy atom. The van der Waals surface area contributed by atoms with Crippen LogP contribution in [0.25, 0.3) is 0 Å². The van der Waals surface area contributed by atoms with E-state index in [1.807, 2.05) is 0 Å². The molecule has 1 atom stereocenters. The number of primary sulfonamides is 1. The molecular formula is C15H21N3O4S. The summed E-state index contributed by atoms with van der Waals surface area (Å²) < 4.78 is 22.4. The third-order valence-electron chi connectivity index (χ3n) is 3.88. The molecule has 23 heavy (non-hydrogen) atoms. The Kier molecular flexibility index (Phi) is 5.06. The highest BCUT2D eigenvalue weighted by atomic mass is 32.2. The van der Waals surface area contributed by atoms with Gasteiger partial charge < -0.3 is 10.2 Å². The number of nitrogens with zero attached hydrogens (tertiary/aromatic N) is 1. The molecular weight excluding hydrogens is 318 g/mol. The molecule has 2 rings (SSSR count). The van der Waals surface area contributed by atoms with Gasteiger partial charge in [-0.25, -0.2) is 13.6 Å². The van der Waals surface area contributed by atoms with Gasteiger partial charge in [-0.05, 0) is 31.9 Å². The number of nitrogens with two attached hydrogens (primary N) is 1. The highest BCUT2D eigenvalue weighted by Crippen LogP contribution is 2.33. The quantitative estimate of drug-likeness (QED) is 0.785. The average Bonchev–Trinajstić information content (AvgIpc) is 3.34. The summed E-state index contributed by atoms with van der Waals surface area (Å²) in [6.07, 6.45) is 1.76. The van der Waals surface area contributed by atoms with Gasteiger partial charge in [0.05, 0.1) is 16.5 Å². The molecule has 3 N–H and O–H groups in total. The number of para-hydroxylation sites is 1. The Balaban J connectivity index is 2.13. The van der Waals surface area contributed by atoms with Crippen LogP contribution in [0.3, 0.4) is 0 Å². The molecule has 7 nitrogen and oxygen atoms in total. The Bertz CT molecular complexity index is 713. The lowest BCUT2D eigenvalue weighted by molar-refractivity contribution is -0.119. The van der Waals surface area contributed by atoms with E-state index in [0.717, 1.165) is 12.8 Å². The van der Waals surface area contributed by atoms with Crippen molar-refractivity contribution in [2.45, 2.75) is 25.0 Å². The zero-order valence-corrected chi connectivity index (χ0v) is 14.0. The molecule has 0 aliphatic heterocycles. The van der Waals surface area contributed by atoms with E-state index >= 15 is 0 Å². The predicted molar refractivity (Wildman–Crippen MR) is 87.5 cm³/mol. The van der Waals surface area contributed by atoms with E-state index in [1.54, 1.807) is 31.3 Å². The normalized spacial score (nSPS) is 15.8. The van der Waals surface area contributed by atoms with E-state index in [1.165, 1.54) is 11.8 Å². The van der Waals surface area contributed by atoms with Crippen LogP contribution in [0, 0.1) is 5.92 Å². The van der Waals surface area contributed by atoms with Crippen LogP contribution in [0.5, 0.6) is 0 Å². The SMILES string of the molecule is C[C@@H](CNC(=O)c1ccccc1N(C)C(=O)C1CC1)S(N)(=O)=O. The van der Waals surface area contributed by atoms with Crippen molar-refractivity contribution < 1.29 is 18.0 Å². The molecule has 1 aromatic rings. The molecule has 0 radical (unpaired) electrons. The number of carbonyl (C=O) groups is 2. The Labute approximate surface area is 135 Å². The van der Waals surface area contributed by atoms with Crippen LogP contribution in [-0.4, -0.2) is 39.1 Å². The van der Waals surface area contributed by atoms with E-state index in [4.69, 9.17) is 5.14 Å². The van der Waals surface area contributed by atoms with Gasteiger partial charge in [-0.3, -0.25) is 9.59 Å². The topological polar surface area (TPSA) is 110 Å². The van der Waals surface area contributed by atoms with Crippen LogP contribution in [-0.2, 0) is 14.8 Å². The summed E-state index contributed by atoms with van der Waals surface area (Å²) in [6.45, 7) is 1.33. The highest BCUT2D eigenvalue weighted by molar-refractivity contribution is 7.89. The molecule has 1 saturated carbocycles. The molecule has 1 aliphatic rings. The van der Waals surface area contributed by atoms with E-state index in [-0.39, 0.29) is 18.4 Å². The van der Waals surface area contributed by atoms with E-state index in [2.05, 4.69) is 5.32 Å². The summed E-state index contributed by atoms with van der Waals surface area (Å²) in [7, 11) is -2.06. The van der Waals surface area contributed by atoms with E-state index in [0.29, 0.717) is 11.3 Å². The standard InChI is InChI=1S/C15H21N3O4S/c1-10(23(16,21)22)9-17-14(19)12-5-3-4-6-13(12)18(2)15(20)11-7-8-11/h3-6,10-11H,7-9H2,1-2H3,(H,17,19)(H2,16,21,22)/t10-/m0/s1. The number of carbonyl (C=O) groups excluding carboxylic acids is 2. The molecule has 0 heterocycles. The number of amides is 2. The van der Waals surface area contributed by atoms with E-state index < -0.39 is 21.2 Å². The number of rotatable bonds is 6. The molecule has 1 aromatic carbocycles. The van der Waals surface area contributed by atoms with Crippen molar-refractivity contribution in [3.8, 4) is 0 Å². The number of sulfonamides is 1. The van der Waals surface area contributed by atoms with Crippen LogP contribution < -0.4 is 15.4 Å². The van der Waals surface area contributed by atoms with Crippen LogP contribution in [0.4, 0.5) is 5.69 Å². The van der Waals surface area contributed by atoms with Crippen molar-refractivity contribution in [2.24, 2.45) is 11.1 Å². The van der Waals surface area contributed by atoms with Crippen molar-refractivity contribution in [1.82, 2.24) is 5.32 Å². The second-order valence-corrected chi connectivity index (χ2v) is 7.78. The largest absolute Gasteiger partial charge is 0.351 e. The maximum Gasteiger partial charge on any atom is 0.253 e. The second-order valence-electron chi connectivity index (χ2n) is 5.80. The van der Waals surface area contributed by atoms with Gasteiger partial charge in [0, 0.05) is 19.5 Å². The first-order chi connectivity index (χ1) is 10.7. The van der Waals surface area contributed by atoms with Gasteiger partial charge in [-0.15, -0.1) is 0 Å². The van der Waals surface area contributed by atoms with Crippen LogP contribution in [0.1, 0.15) is 30.1 Å². The fourth-order valence-corrected chi connectivity index (χ4v) is 2.44. The molecule has 1 aliphatic carbocycles. The number of nitrogens with one attached hydrogen (secondary N) is 1. The average molecular weight is 339 g/mol. The summed E-state index contributed by atoms with van der Waals surface area (Å²) in [5.74, 6) is -0.409. The molecule has 8 heteroatoms. The third kappa shape index (κ3) is 4.29. The molecule has 1 fully saturated rings. The molecule has 0 spiro atoms. The molecule has 126 valence electrons. The van der Waals surface area contributed by atoms with Crippen molar-refractivity contribution >= 4 is 27.5 Å². The lowest BCUT2D eigenvalue weighted by atomic mass is 10.1. The van der Waals surface area contributed by atoms with Gasteiger partial charge in [-0.1, -0.05) is 12.1 Å². The van der Waals surface area contributed by atoms with Crippen molar-refractivity contribution in [3.63, 3.8) is 0 Å². The van der Waals surface area contributed by atoms with E-state index in [9.17, 15) is 18.0 Å². The maximum atomic E-state index is 12.3. The fourth-order valence-electron chi connectivity index (χ4n) is 2.13. The van der Waals surface area contributed by atoms with Gasteiger partial charge in [0.15, 0.2) is 0 Å². The smallest absolute Gasteiger partial charge is 0.253 e. The summed E-state index contributed by atoms with van der Waals surface area (Å²) in [4.78, 5) is 26.0. The first kappa shape index (κ1) is 17.4. The molecule has 2 amide bonds. The van der Waals surface area contributed by atoms with Crippen LogP contribution in [0.2, 0.25) is 0 Å². The third-order valence-corrected chi connectivity index (χ3v) is 5.17. The fraction of sp³-hybridized carbons (Fsp3) is 0.467. The highest BCUT2D eigenvalue weighted by Gasteiger charge is 2.33. The number of benzene rings is 1. The van der Waals surface area contributed by atoms with Gasteiger partial charge in [-0.2, -0.15) is 0 Å². The lowest BCUT2D eigenvalue weighted by Gasteiger charge is -2.20. The van der Waals surface area contributed by atoms with Gasteiger partial charge >= 0.3 is 0 Å². The summed E-state index contributed by atoms with van der Waals surface area (Å²) in [5, 5.41) is 6.69. The summed E-state index contributed by atoms with van der Waals surface area (Å²) in [6, 6.07) is 6.73. The molecule has 0 unspecified atom stereocenters. The molecule has 0 bridgehead atoms. The Morgan fingerprint density at radius 3 is 2.52 bits per heavy atom. The van der Waals surface area contributed by atoms with Crippen molar-refractivity contribution in [3.05, 3.63) is 29.8 Å². The van der Waals surface area contributed by atoms with Crippen molar-refractivity contribution in [1.29, 1.82) is 0 Å². The van der Waals surface area contributed by atoms with Gasteiger partial charge in [0.25, 0.3) is 5.91 Å². The van der Waals surface area contributed by atoms with Crippen molar-refractivity contribution in [2.75, 3.05) is 18.5 Å². The van der Waals surface area contributed by atoms with Crippen LogP contribution >= 0.6 is 0 Å². The molecule has 0 aromatic heterocycles. The lowest BCUT2D eigenvalue weighted by Crippen LogP contribution is -2.38. The number of anilines is 1. The first-order valence-electron chi connectivity index (χ1n) is 7.38. The monoisotopic (exact) mass is 339 g/mol. The number of hydrogen-bond donors (Lipinski definition) is 2. The zero-order valence-electron chi connectivity index (χ0n) is 13.2. The number of hydrogen-bond acceptors (Lipinski definition) is 4. The minimum Gasteiger partial charge on any atom is -0.351 e. The minimum atomic E-state index is -3.70. The second kappa shape index (κ2) is 6.67. The first-order valence-corrected chi connectivity index (χ1v) is 8.99. The van der Waals surface area contributed by atoms with Crippen LogP contribution in [0.15, 0.2) is 24.3 Å². The van der Waals surface area contributed by atoms with Gasteiger partial charge in [0.1, 0.15) is 0 Å².